The Hall–Kier alpha value is -1.46. The average Bonchev–Trinajstić information content (AvgIpc) is 2.86. The molecule has 0 aliphatic heterocycles. The fourth-order valence-electron chi connectivity index (χ4n) is 2.17. The van der Waals surface area contributed by atoms with Crippen LogP contribution in [0.5, 0.6) is 0 Å². The van der Waals surface area contributed by atoms with E-state index in [-0.39, 0.29) is 6.04 Å². The van der Waals surface area contributed by atoms with Crippen LogP contribution in [0.1, 0.15) is 16.5 Å². The number of hydrazine groups is 1. The smallest absolute Gasteiger partial charge is 0.0931 e. The van der Waals surface area contributed by atoms with Gasteiger partial charge in [0.05, 0.1) is 15.9 Å². The minimum absolute atomic E-state index is 0.101. The van der Waals surface area contributed by atoms with Crippen molar-refractivity contribution in [1.82, 2.24) is 10.4 Å². The fraction of sp³-hybridized carbons (Fsp3) is 0.0714. The number of halogens is 1. The number of hydrogen-bond acceptors (Lipinski definition) is 4. The Morgan fingerprint density at radius 3 is 2.74 bits per heavy atom. The minimum atomic E-state index is -0.101. The SMILES string of the molecule is NNC(c1ccc(Cl)s1)c1cccc2cccnc12. The van der Waals surface area contributed by atoms with E-state index < -0.39 is 0 Å². The molecule has 0 aliphatic carbocycles. The normalized spacial score (nSPS) is 12.7. The Morgan fingerprint density at radius 1 is 1.16 bits per heavy atom. The van der Waals surface area contributed by atoms with Crippen LogP contribution in [-0.4, -0.2) is 4.98 Å². The van der Waals surface area contributed by atoms with Crippen LogP contribution < -0.4 is 11.3 Å². The zero-order valence-electron chi connectivity index (χ0n) is 10.0. The van der Waals surface area contributed by atoms with Crippen molar-refractivity contribution in [1.29, 1.82) is 0 Å². The van der Waals surface area contributed by atoms with Crippen LogP contribution in [0.25, 0.3) is 10.9 Å². The Labute approximate surface area is 120 Å². The predicted molar refractivity (Wildman–Crippen MR) is 80.2 cm³/mol. The Bertz CT molecular complexity index is 705. The molecule has 2 heterocycles. The Morgan fingerprint density at radius 2 is 2.00 bits per heavy atom. The molecule has 3 nitrogen and oxygen atoms in total. The highest BCUT2D eigenvalue weighted by molar-refractivity contribution is 7.16. The molecule has 0 bridgehead atoms. The van der Waals surface area contributed by atoms with Crippen LogP contribution in [-0.2, 0) is 0 Å². The van der Waals surface area contributed by atoms with Gasteiger partial charge in [0.2, 0.25) is 0 Å². The summed E-state index contributed by atoms with van der Waals surface area (Å²) in [5.74, 6) is 5.72. The molecule has 1 unspecified atom stereocenters. The van der Waals surface area contributed by atoms with Crippen LogP contribution >= 0.6 is 22.9 Å². The molecule has 0 spiro atoms. The highest BCUT2D eigenvalue weighted by Gasteiger charge is 2.17. The summed E-state index contributed by atoms with van der Waals surface area (Å²) in [4.78, 5) is 5.53. The zero-order valence-corrected chi connectivity index (χ0v) is 11.6. The quantitative estimate of drug-likeness (QED) is 0.573. The van der Waals surface area contributed by atoms with Crippen molar-refractivity contribution in [3.8, 4) is 0 Å². The van der Waals surface area contributed by atoms with E-state index >= 15 is 0 Å². The standard InChI is InChI=1S/C14H12ClN3S/c15-12-7-6-11(19-12)14(18-16)10-5-1-3-9-4-2-8-17-13(9)10/h1-8,14,18H,16H2. The van der Waals surface area contributed by atoms with Crippen LogP contribution in [0, 0.1) is 0 Å². The molecule has 5 heteroatoms. The predicted octanol–water partition coefficient (Wildman–Crippen LogP) is 3.50. The van der Waals surface area contributed by atoms with E-state index in [1.165, 1.54) is 11.3 Å². The molecule has 0 saturated carbocycles. The number of nitrogens with two attached hydrogens (primary N) is 1. The maximum absolute atomic E-state index is 6.00. The van der Waals surface area contributed by atoms with Crippen LogP contribution in [0.4, 0.5) is 0 Å². The third-order valence-corrected chi connectivity index (χ3v) is 4.32. The molecule has 19 heavy (non-hydrogen) atoms. The van der Waals surface area contributed by atoms with Crippen molar-refractivity contribution in [2.24, 2.45) is 5.84 Å². The number of pyridine rings is 1. The first-order valence-corrected chi connectivity index (χ1v) is 7.04. The van der Waals surface area contributed by atoms with E-state index in [2.05, 4.69) is 10.4 Å². The van der Waals surface area contributed by atoms with E-state index in [1.807, 2.05) is 42.5 Å². The lowest BCUT2D eigenvalue weighted by Crippen LogP contribution is -2.28. The molecular weight excluding hydrogens is 278 g/mol. The maximum Gasteiger partial charge on any atom is 0.0931 e. The molecular formula is C14H12ClN3S. The second-order valence-electron chi connectivity index (χ2n) is 4.16. The number of fused-ring (bicyclic) bond motifs is 1. The van der Waals surface area contributed by atoms with Gasteiger partial charge in [0, 0.05) is 22.0 Å². The van der Waals surface area contributed by atoms with Gasteiger partial charge in [0.1, 0.15) is 0 Å². The van der Waals surface area contributed by atoms with Crippen LogP contribution in [0.2, 0.25) is 4.34 Å². The lowest BCUT2D eigenvalue weighted by molar-refractivity contribution is 0.649. The highest BCUT2D eigenvalue weighted by atomic mass is 35.5. The van der Waals surface area contributed by atoms with Gasteiger partial charge in [-0.2, -0.15) is 0 Å². The summed E-state index contributed by atoms with van der Waals surface area (Å²) in [6.45, 7) is 0. The van der Waals surface area contributed by atoms with E-state index in [0.29, 0.717) is 0 Å². The average molecular weight is 290 g/mol. The summed E-state index contributed by atoms with van der Waals surface area (Å²) < 4.78 is 0.753. The van der Waals surface area contributed by atoms with E-state index in [0.717, 1.165) is 25.7 Å². The summed E-state index contributed by atoms with van der Waals surface area (Å²) in [5, 5.41) is 1.10. The second kappa shape index (κ2) is 5.27. The van der Waals surface area contributed by atoms with Crippen molar-refractivity contribution in [3.63, 3.8) is 0 Å². The van der Waals surface area contributed by atoms with Gasteiger partial charge in [-0.15, -0.1) is 11.3 Å². The number of hydrogen-bond donors (Lipinski definition) is 2. The maximum atomic E-state index is 6.00. The molecule has 3 N–H and O–H groups in total. The number of thiophene rings is 1. The van der Waals surface area contributed by atoms with Gasteiger partial charge in [-0.3, -0.25) is 10.8 Å². The molecule has 0 aliphatic rings. The first-order chi connectivity index (χ1) is 9.29. The molecule has 0 fully saturated rings. The van der Waals surface area contributed by atoms with Gasteiger partial charge in [-0.05, 0) is 18.2 Å². The molecule has 1 atom stereocenters. The third-order valence-electron chi connectivity index (χ3n) is 3.02. The second-order valence-corrected chi connectivity index (χ2v) is 5.91. The Balaban J connectivity index is 2.16. The van der Waals surface area contributed by atoms with Gasteiger partial charge in [-0.1, -0.05) is 35.9 Å². The number of nitrogens with zero attached hydrogens (tertiary/aromatic N) is 1. The van der Waals surface area contributed by atoms with Crippen LogP contribution in [0.15, 0.2) is 48.7 Å². The lowest BCUT2D eigenvalue weighted by Gasteiger charge is -2.16. The molecule has 2 aromatic heterocycles. The number of aromatic nitrogens is 1. The summed E-state index contributed by atoms with van der Waals surface area (Å²) in [5.41, 5.74) is 4.86. The van der Waals surface area contributed by atoms with E-state index in [9.17, 15) is 0 Å². The molecule has 1 aromatic carbocycles. The molecule has 3 aromatic rings. The summed E-state index contributed by atoms with van der Waals surface area (Å²) in [7, 11) is 0. The summed E-state index contributed by atoms with van der Waals surface area (Å²) >= 11 is 7.52. The van der Waals surface area contributed by atoms with Crippen molar-refractivity contribution < 1.29 is 0 Å². The van der Waals surface area contributed by atoms with Crippen molar-refractivity contribution in [2.45, 2.75) is 6.04 Å². The fourth-order valence-corrected chi connectivity index (χ4v) is 3.31. The van der Waals surface area contributed by atoms with Crippen molar-refractivity contribution in [2.75, 3.05) is 0 Å². The minimum Gasteiger partial charge on any atom is -0.271 e. The van der Waals surface area contributed by atoms with Crippen LogP contribution in [0.3, 0.4) is 0 Å². The molecule has 0 amide bonds. The summed E-state index contributed by atoms with van der Waals surface area (Å²) in [6.07, 6.45) is 1.79. The van der Waals surface area contributed by atoms with Gasteiger partial charge in [0.25, 0.3) is 0 Å². The third kappa shape index (κ3) is 2.35. The summed E-state index contributed by atoms with van der Waals surface area (Å²) in [6, 6.07) is 13.8. The van der Waals surface area contributed by atoms with Crippen molar-refractivity contribution in [3.05, 3.63) is 63.4 Å². The number of rotatable bonds is 3. The molecule has 96 valence electrons. The number of nitrogens with one attached hydrogen (secondary N) is 1. The zero-order chi connectivity index (χ0) is 13.2. The van der Waals surface area contributed by atoms with Gasteiger partial charge in [-0.25, -0.2) is 5.43 Å². The monoisotopic (exact) mass is 289 g/mol. The molecule has 0 saturated heterocycles. The van der Waals surface area contributed by atoms with E-state index in [4.69, 9.17) is 17.4 Å². The van der Waals surface area contributed by atoms with Crippen molar-refractivity contribution >= 4 is 33.8 Å². The van der Waals surface area contributed by atoms with Gasteiger partial charge in [0.15, 0.2) is 0 Å². The largest absolute Gasteiger partial charge is 0.271 e. The van der Waals surface area contributed by atoms with Gasteiger partial charge >= 0.3 is 0 Å². The van der Waals surface area contributed by atoms with Gasteiger partial charge < -0.3 is 0 Å². The molecule has 0 radical (unpaired) electrons. The van der Waals surface area contributed by atoms with E-state index in [1.54, 1.807) is 6.20 Å². The Kier molecular flexibility index (Phi) is 3.48. The molecule has 3 rings (SSSR count). The number of benzene rings is 1. The first kappa shape index (κ1) is 12.6. The topological polar surface area (TPSA) is 50.9 Å². The number of para-hydroxylation sites is 1. The lowest BCUT2D eigenvalue weighted by atomic mass is 10.0. The first-order valence-electron chi connectivity index (χ1n) is 5.84. The highest BCUT2D eigenvalue weighted by Crippen LogP contribution is 2.33.